The number of benzene rings is 1. The highest BCUT2D eigenvalue weighted by atomic mass is 35.5. The van der Waals surface area contributed by atoms with Crippen molar-refractivity contribution in [3.8, 4) is 11.4 Å². The number of nitrogens with one attached hydrogen (secondary N) is 2. The van der Waals surface area contributed by atoms with Crippen molar-refractivity contribution >= 4 is 34.5 Å². The summed E-state index contributed by atoms with van der Waals surface area (Å²) in [6.07, 6.45) is -0.502. The summed E-state index contributed by atoms with van der Waals surface area (Å²) in [7, 11) is 0. The summed E-state index contributed by atoms with van der Waals surface area (Å²) in [6, 6.07) is 10.8. The maximum absolute atomic E-state index is 11.9. The first-order valence-electron chi connectivity index (χ1n) is 7.43. The number of fused-ring (bicyclic) bond motifs is 1. The summed E-state index contributed by atoms with van der Waals surface area (Å²) in [6.45, 7) is 5.45. The van der Waals surface area contributed by atoms with E-state index < -0.39 is 11.7 Å². The lowest BCUT2D eigenvalue weighted by Crippen LogP contribution is -2.27. The number of halogens is 1. The maximum Gasteiger partial charge on any atom is 0.412 e. The number of rotatable bonds is 2. The molecule has 0 spiro atoms. The van der Waals surface area contributed by atoms with Crippen LogP contribution in [-0.4, -0.2) is 26.6 Å². The van der Waals surface area contributed by atoms with E-state index in [1.54, 1.807) is 12.1 Å². The van der Waals surface area contributed by atoms with Gasteiger partial charge in [-0.05, 0) is 45.0 Å². The number of imidazole rings is 1. The topological polar surface area (TPSA) is 79.9 Å². The molecule has 6 nitrogen and oxygen atoms in total. The zero-order chi connectivity index (χ0) is 17.3. The van der Waals surface area contributed by atoms with Crippen molar-refractivity contribution in [1.29, 1.82) is 0 Å². The Labute approximate surface area is 144 Å². The van der Waals surface area contributed by atoms with Crippen LogP contribution in [-0.2, 0) is 4.74 Å². The lowest BCUT2D eigenvalue weighted by molar-refractivity contribution is 0.0636. The number of hydrogen-bond donors (Lipinski definition) is 2. The largest absolute Gasteiger partial charge is 0.444 e. The highest BCUT2D eigenvalue weighted by Crippen LogP contribution is 2.23. The Kier molecular flexibility index (Phi) is 4.15. The van der Waals surface area contributed by atoms with Crippen LogP contribution in [0.2, 0.25) is 5.15 Å². The molecule has 0 aliphatic carbocycles. The molecule has 0 aliphatic heterocycles. The molecule has 124 valence electrons. The van der Waals surface area contributed by atoms with Crippen molar-refractivity contribution in [2.24, 2.45) is 0 Å². The molecule has 2 N–H and O–H groups in total. The number of pyridine rings is 1. The average molecular weight is 345 g/mol. The molecule has 1 amide bonds. The van der Waals surface area contributed by atoms with Crippen molar-refractivity contribution in [1.82, 2.24) is 15.0 Å². The summed E-state index contributed by atoms with van der Waals surface area (Å²) in [5.74, 6) is 0.646. The first kappa shape index (κ1) is 16.3. The average Bonchev–Trinajstić information content (AvgIpc) is 2.88. The lowest BCUT2D eigenvalue weighted by Gasteiger charge is -2.19. The quantitative estimate of drug-likeness (QED) is 0.664. The third kappa shape index (κ3) is 3.83. The molecule has 0 unspecified atom stereocenters. The Morgan fingerprint density at radius 2 is 2.00 bits per heavy atom. The molecule has 0 bridgehead atoms. The first-order chi connectivity index (χ1) is 11.3. The van der Waals surface area contributed by atoms with Gasteiger partial charge in [-0.15, -0.1) is 0 Å². The van der Waals surface area contributed by atoms with Crippen molar-refractivity contribution in [3.05, 3.63) is 41.6 Å². The molecular weight excluding hydrogens is 328 g/mol. The van der Waals surface area contributed by atoms with Crippen molar-refractivity contribution < 1.29 is 9.53 Å². The Morgan fingerprint density at radius 3 is 2.75 bits per heavy atom. The highest BCUT2D eigenvalue weighted by Gasteiger charge is 2.16. The summed E-state index contributed by atoms with van der Waals surface area (Å²) < 4.78 is 5.25. The van der Waals surface area contributed by atoms with E-state index in [0.717, 1.165) is 11.1 Å². The normalized spacial score (nSPS) is 11.5. The number of nitrogens with zero attached hydrogens (tertiary/aromatic N) is 2. The second-order valence-electron chi connectivity index (χ2n) is 6.30. The molecule has 7 heteroatoms. The minimum Gasteiger partial charge on any atom is -0.444 e. The van der Waals surface area contributed by atoms with Gasteiger partial charge in [0.15, 0.2) is 5.65 Å². The molecule has 24 heavy (non-hydrogen) atoms. The number of carbonyl (C=O) groups is 1. The van der Waals surface area contributed by atoms with Gasteiger partial charge in [-0.3, -0.25) is 5.32 Å². The van der Waals surface area contributed by atoms with Crippen LogP contribution in [0.15, 0.2) is 36.4 Å². The number of aromatic amines is 1. The van der Waals surface area contributed by atoms with Crippen LogP contribution >= 0.6 is 11.6 Å². The molecule has 2 heterocycles. The van der Waals surface area contributed by atoms with Gasteiger partial charge in [-0.2, -0.15) is 0 Å². The van der Waals surface area contributed by atoms with Gasteiger partial charge in [0.1, 0.15) is 16.6 Å². The van der Waals surface area contributed by atoms with E-state index >= 15 is 0 Å². The Hall–Kier alpha value is -2.60. The van der Waals surface area contributed by atoms with E-state index in [2.05, 4.69) is 20.3 Å². The summed E-state index contributed by atoms with van der Waals surface area (Å²) in [4.78, 5) is 23.6. The van der Waals surface area contributed by atoms with E-state index in [9.17, 15) is 4.79 Å². The Balaban J connectivity index is 1.85. The van der Waals surface area contributed by atoms with Crippen molar-refractivity contribution in [2.45, 2.75) is 26.4 Å². The molecule has 3 aromatic rings. The number of hydrogen-bond acceptors (Lipinski definition) is 4. The molecule has 0 fully saturated rings. The van der Waals surface area contributed by atoms with Crippen molar-refractivity contribution in [3.63, 3.8) is 0 Å². The van der Waals surface area contributed by atoms with Gasteiger partial charge in [0.05, 0.1) is 5.52 Å². The minimum atomic E-state index is -0.550. The molecule has 2 aromatic heterocycles. The van der Waals surface area contributed by atoms with Gasteiger partial charge in [-0.1, -0.05) is 23.7 Å². The number of carbonyl (C=O) groups excluding carboxylic acids is 1. The number of aromatic nitrogens is 3. The zero-order valence-electron chi connectivity index (χ0n) is 13.6. The number of anilines is 1. The zero-order valence-corrected chi connectivity index (χ0v) is 14.3. The van der Waals surface area contributed by atoms with Crippen LogP contribution in [0.3, 0.4) is 0 Å². The molecular formula is C17H17ClN4O2. The fourth-order valence-corrected chi connectivity index (χ4v) is 2.31. The molecule has 0 saturated carbocycles. The predicted molar refractivity (Wildman–Crippen MR) is 94.2 cm³/mol. The standard InChI is InChI=1S/C17H17ClN4O2/c1-17(2,3)24-16(23)19-11-6-4-5-10(9-11)14-20-12-7-8-13(18)21-15(12)22-14/h4-9H,1-3H3,(H,19,23)(H,20,21,22). The first-order valence-corrected chi connectivity index (χ1v) is 7.81. The minimum absolute atomic E-state index is 0.390. The van der Waals surface area contributed by atoms with Gasteiger partial charge >= 0.3 is 6.09 Å². The van der Waals surface area contributed by atoms with Crippen LogP contribution < -0.4 is 5.32 Å². The Bertz CT molecular complexity index is 899. The van der Waals surface area contributed by atoms with E-state index in [1.807, 2.05) is 45.0 Å². The lowest BCUT2D eigenvalue weighted by atomic mass is 10.2. The van der Waals surface area contributed by atoms with Crippen LogP contribution in [0.1, 0.15) is 20.8 Å². The van der Waals surface area contributed by atoms with Crippen molar-refractivity contribution in [2.75, 3.05) is 5.32 Å². The molecule has 0 radical (unpaired) electrons. The maximum atomic E-state index is 11.9. The third-order valence-electron chi connectivity index (χ3n) is 3.09. The van der Waals surface area contributed by atoms with Gasteiger partial charge in [0.2, 0.25) is 0 Å². The molecule has 0 atom stereocenters. The predicted octanol–water partition coefficient (Wildman–Crippen LogP) is 4.63. The number of ether oxygens (including phenoxy) is 1. The van der Waals surface area contributed by atoms with Gasteiger partial charge in [-0.25, -0.2) is 14.8 Å². The molecule has 1 aromatic carbocycles. The van der Waals surface area contributed by atoms with Gasteiger partial charge in [0.25, 0.3) is 0 Å². The van der Waals surface area contributed by atoms with Crippen LogP contribution in [0.25, 0.3) is 22.6 Å². The molecule has 3 rings (SSSR count). The van der Waals surface area contributed by atoms with E-state index in [4.69, 9.17) is 16.3 Å². The second kappa shape index (κ2) is 6.13. The summed E-state index contributed by atoms with van der Waals surface area (Å²) in [5.41, 5.74) is 2.22. The Morgan fingerprint density at radius 1 is 1.21 bits per heavy atom. The molecule has 0 aliphatic rings. The smallest absolute Gasteiger partial charge is 0.412 e. The number of H-pyrrole nitrogens is 1. The molecule has 0 saturated heterocycles. The van der Waals surface area contributed by atoms with Gasteiger partial charge < -0.3 is 9.72 Å². The second-order valence-corrected chi connectivity index (χ2v) is 6.69. The van der Waals surface area contributed by atoms with Crippen LogP contribution in [0.4, 0.5) is 10.5 Å². The van der Waals surface area contributed by atoms with Gasteiger partial charge in [0, 0.05) is 11.3 Å². The van der Waals surface area contributed by atoms with Crippen LogP contribution in [0, 0.1) is 0 Å². The van der Waals surface area contributed by atoms with E-state index in [-0.39, 0.29) is 0 Å². The van der Waals surface area contributed by atoms with E-state index in [1.165, 1.54) is 0 Å². The number of amides is 1. The highest BCUT2D eigenvalue weighted by molar-refractivity contribution is 6.29. The SMILES string of the molecule is CC(C)(C)OC(=O)Nc1cccc(-c2nc3nc(Cl)ccc3[nH]2)c1. The monoisotopic (exact) mass is 344 g/mol. The van der Waals surface area contributed by atoms with Crippen LogP contribution in [0.5, 0.6) is 0 Å². The third-order valence-corrected chi connectivity index (χ3v) is 3.30. The fourth-order valence-electron chi connectivity index (χ4n) is 2.17. The summed E-state index contributed by atoms with van der Waals surface area (Å²) in [5, 5.41) is 3.10. The summed E-state index contributed by atoms with van der Waals surface area (Å²) >= 11 is 5.88. The fraction of sp³-hybridized carbons (Fsp3) is 0.235. The van der Waals surface area contributed by atoms with E-state index in [0.29, 0.717) is 22.3 Å².